The van der Waals surface area contributed by atoms with E-state index in [9.17, 15) is 0 Å². The molecule has 1 atom stereocenters. The Bertz CT molecular complexity index is 26.7. The third-order valence-corrected chi connectivity index (χ3v) is 0.641. The summed E-state index contributed by atoms with van der Waals surface area (Å²) in [5, 5.41) is 2.64. The second kappa shape index (κ2) is 3.12. The number of hydrogen-bond acceptors (Lipinski definition) is 2. The minimum Gasteiger partial charge on any atom is -0.367 e. The van der Waals surface area contributed by atoms with Crippen LogP contribution < -0.4 is 5.32 Å². The fraction of sp³-hybridized carbons (Fsp3) is 0.750. The Kier molecular flexibility index (Phi) is 3.08. The summed E-state index contributed by atoms with van der Waals surface area (Å²) in [6.07, 6.45) is 0.0741. The Morgan fingerprint density at radius 1 is 1.83 bits per heavy atom. The van der Waals surface area contributed by atoms with Crippen LogP contribution in [0.15, 0.2) is 0 Å². The molecule has 37 valence electrons. The summed E-state index contributed by atoms with van der Waals surface area (Å²) in [6, 6.07) is 0. The third-order valence-electron chi connectivity index (χ3n) is 0.641. The van der Waals surface area contributed by atoms with Gasteiger partial charge < -0.3 is 4.74 Å². The van der Waals surface area contributed by atoms with Gasteiger partial charge in [0, 0.05) is 14.2 Å². The van der Waals surface area contributed by atoms with E-state index in [1.54, 1.807) is 7.11 Å². The minimum atomic E-state index is 0.0741. The molecule has 0 aliphatic rings. The van der Waals surface area contributed by atoms with Gasteiger partial charge in [-0.05, 0) is 6.92 Å². The van der Waals surface area contributed by atoms with Gasteiger partial charge >= 0.3 is 0 Å². The molecule has 1 N–H and O–H groups in total. The highest BCUT2D eigenvalue weighted by atomic mass is 16.5. The fourth-order valence-electron chi connectivity index (χ4n) is 0.0833. The van der Waals surface area contributed by atoms with E-state index in [0.29, 0.717) is 0 Å². The monoisotopic (exact) mass is 88.1 g/mol. The number of ether oxygens (including phenoxy) is 1. The van der Waals surface area contributed by atoms with Crippen molar-refractivity contribution in [3.63, 3.8) is 0 Å². The lowest BCUT2D eigenvalue weighted by atomic mass is 10.7. The van der Waals surface area contributed by atoms with Crippen molar-refractivity contribution >= 4 is 0 Å². The average molecular weight is 88.1 g/mol. The number of hydrogen-bond donors (Lipinski definition) is 1. The molecule has 0 aromatic carbocycles. The summed E-state index contributed by atoms with van der Waals surface area (Å²) in [5.74, 6) is 0. The van der Waals surface area contributed by atoms with Crippen LogP contribution in [0.5, 0.6) is 0 Å². The molecule has 1 radical (unpaired) electrons. The van der Waals surface area contributed by atoms with E-state index in [-0.39, 0.29) is 6.23 Å². The van der Waals surface area contributed by atoms with Gasteiger partial charge in [0.05, 0.1) is 0 Å². The minimum absolute atomic E-state index is 0.0741. The number of methoxy groups -OCH3 is 1. The van der Waals surface area contributed by atoms with Crippen molar-refractivity contribution in [2.45, 2.75) is 13.2 Å². The van der Waals surface area contributed by atoms with Crippen LogP contribution in [-0.2, 0) is 4.74 Å². The van der Waals surface area contributed by atoms with Crippen LogP contribution in [-0.4, -0.2) is 13.3 Å². The van der Waals surface area contributed by atoms with E-state index in [1.165, 1.54) is 0 Å². The second-order valence-corrected chi connectivity index (χ2v) is 1.08. The molecule has 0 aliphatic carbocycles. The van der Waals surface area contributed by atoms with Crippen LogP contribution in [0.2, 0.25) is 0 Å². The SMILES string of the molecule is [CH2]NC(C)OC. The zero-order chi connectivity index (χ0) is 4.99. The van der Waals surface area contributed by atoms with E-state index < -0.39 is 0 Å². The van der Waals surface area contributed by atoms with Crippen LogP contribution in [0.3, 0.4) is 0 Å². The van der Waals surface area contributed by atoms with Crippen molar-refractivity contribution in [3.05, 3.63) is 7.05 Å². The van der Waals surface area contributed by atoms with Crippen LogP contribution >= 0.6 is 0 Å². The van der Waals surface area contributed by atoms with Crippen molar-refractivity contribution in [3.8, 4) is 0 Å². The Morgan fingerprint density at radius 2 is 2.33 bits per heavy atom. The quantitative estimate of drug-likeness (QED) is 0.492. The highest BCUT2D eigenvalue weighted by Crippen LogP contribution is 1.74. The predicted molar refractivity (Wildman–Crippen MR) is 25.0 cm³/mol. The molecule has 2 heteroatoms. The van der Waals surface area contributed by atoms with Gasteiger partial charge in [0.25, 0.3) is 0 Å². The molecule has 0 bridgehead atoms. The van der Waals surface area contributed by atoms with E-state index in [1.807, 2.05) is 6.92 Å². The standard InChI is InChI=1S/C4H10NO/c1-4(5-2)6-3/h4-5H,2H2,1,3H3. The Hall–Kier alpha value is -0.0800. The summed E-state index contributed by atoms with van der Waals surface area (Å²) in [6.45, 7) is 1.88. The van der Waals surface area contributed by atoms with Gasteiger partial charge in [-0.3, -0.25) is 5.32 Å². The molecule has 0 aliphatic heterocycles. The molecule has 0 rings (SSSR count). The smallest absolute Gasteiger partial charge is 0.104 e. The van der Waals surface area contributed by atoms with Gasteiger partial charge in [-0.2, -0.15) is 0 Å². The third kappa shape index (κ3) is 2.18. The fourth-order valence-corrected chi connectivity index (χ4v) is 0.0833. The molecule has 0 spiro atoms. The molecular formula is C4H10NO. The molecule has 0 amide bonds. The van der Waals surface area contributed by atoms with Gasteiger partial charge in [0.1, 0.15) is 6.23 Å². The molecular weight excluding hydrogens is 78.0 g/mol. The van der Waals surface area contributed by atoms with Crippen LogP contribution in [0, 0.1) is 7.05 Å². The molecule has 0 heterocycles. The highest BCUT2D eigenvalue weighted by molar-refractivity contribution is 4.39. The van der Waals surface area contributed by atoms with Crippen LogP contribution in [0.4, 0.5) is 0 Å². The van der Waals surface area contributed by atoms with Gasteiger partial charge in [-0.15, -0.1) is 0 Å². The first kappa shape index (κ1) is 5.92. The first-order chi connectivity index (χ1) is 2.81. The summed E-state index contributed by atoms with van der Waals surface area (Å²) in [4.78, 5) is 0. The normalized spacial score (nSPS) is 14.5. The van der Waals surface area contributed by atoms with Crippen LogP contribution in [0.25, 0.3) is 0 Å². The Labute approximate surface area is 38.5 Å². The lowest BCUT2D eigenvalue weighted by Crippen LogP contribution is -2.20. The van der Waals surface area contributed by atoms with Crippen LogP contribution in [0.1, 0.15) is 6.92 Å². The molecule has 0 aromatic rings. The molecule has 0 fully saturated rings. The zero-order valence-electron chi connectivity index (χ0n) is 4.19. The largest absolute Gasteiger partial charge is 0.367 e. The van der Waals surface area contributed by atoms with E-state index >= 15 is 0 Å². The summed E-state index contributed by atoms with van der Waals surface area (Å²) >= 11 is 0. The number of nitrogens with one attached hydrogen (secondary N) is 1. The zero-order valence-corrected chi connectivity index (χ0v) is 4.19. The summed E-state index contributed by atoms with van der Waals surface area (Å²) < 4.78 is 4.73. The first-order valence-electron chi connectivity index (χ1n) is 1.86. The summed E-state index contributed by atoms with van der Waals surface area (Å²) in [7, 11) is 5.01. The second-order valence-electron chi connectivity index (χ2n) is 1.08. The lowest BCUT2D eigenvalue weighted by molar-refractivity contribution is 0.101. The molecule has 6 heavy (non-hydrogen) atoms. The van der Waals surface area contributed by atoms with Crippen molar-refractivity contribution in [1.29, 1.82) is 0 Å². The maximum atomic E-state index is 4.73. The Morgan fingerprint density at radius 3 is 2.33 bits per heavy atom. The maximum Gasteiger partial charge on any atom is 0.104 e. The lowest BCUT2D eigenvalue weighted by Gasteiger charge is -2.03. The molecule has 0 aromatic heterocycles. The van der Waals surface area contributed by atoms with Crippen molar-refractivity contribution in [2.24, 2.45) is 0 Å². The molecule has 0 saturated heterocycles. The Balaban J connectivity index is 2.75. The van der Waals surface area contributed by atoms with E-state index in [4.69, 9.17) is 4.74 Å². The van der Waals surface area contributed by atoms with E-state index in [0.717, 1.165) is 0 Å². The van der Waals surface area contributed by atoms with Gasteiger partial charge in [0.2, 0.25) is 0 Å². The molecule has 0 saturated carbocycles. The van der Waals surface area contributed by atoms with Crippen molar-refractivity contribution in [1.82, 2.24) is 5.32 Å². The van der Waals surface area contributed by atoms with Crippen molar-refractivity contribution < 1.29 is 4.74 Å². The van der Waals surface area contributed by atoms with Crippen molar-refractivity contribution in [2.75, 3.05) is 7.11 Å². The predicted octanol–water partition coefficient (Wildman–Crippen LogP) is 0.360. The highest BCUT2D eigenvalue weighted by Gasteiger charge is 1.86. The molecule has 1 unspecified atom stereocenters. The first-order valence-corrected chi connectivity index (χ1v) is 1.86. The maximum absolute atomic E-state index is 4.73. The number of rotatable bonds is 2. The van der Waals surface area contributed by atoms with Gasteiger partial charge in [-0.25, -0.2) is 0 Å². The topological polar surface area (TPSA) is 21.3 Å². The summed E-state index contributed by atoms with van der Waals surface area (Å²) in [5.41, 5.74) is 0. The molecule has 2 nitrogen and oxygen atoms in total. The van der Waals surface area contributed by atoms with Gasteiger partial charge in [0.15, 0.2) is 0 Å². The van der Waals surface area contributed by atoms with E-state index in [2.05, 4.69) is 12.4 Å². The average Bonchev–Trinajstić information content (AvgIpc) is 1.65. The van der Waals surface area contributed by atoms with Gasteiger partial charge in [-0.1, -0.05) is 0 Å².